The van der Waals surface area contributed by atoms with Gasteiger partial charge in [0.2, 0.25) is 0 Å². The van der Waals surface area contributed by atoms with Gasteiger partial charge < -0.3 is 15.3 Å². The zero-order chi connectivity index (χ0) is 12.0. The van der Waals surface area contributed by atoms with E-state index in [9.17, 15) is 9.90 Å². The molecule has 1 heterocycles. The molecule has 0 bridgehead atoms. The van der Waals surface area contributed by atoms with Gasteiger partial charge in [0, 0.05) is 5.75 Å². The molecule has 1 atom stereocenters. The van der Waals surface area contributed by atoms with Crippen molar-refractivity contribution in [3.63, 3.8) is 0 Å². The van der Waals surface area contributed by atoms with E-state index in [1.54, 1.807) is 11.8 Å². The van der Waals surface area contributed by atoms with Gasteiger partial charge in [-0.2, -0.15) is 11.8 Å². The van der Waals surface area contributed by atoms with Crippen LogP contribution in [0.3, 0.4) is 0 Å². The lowest BCUT2D eigenvalue weighted by molar-refractivity contribution is -0.144. The maximum atomic E-state index is 11.3. The molecule has 1 aliphatic rings. The highest BCUT2D eigenvalue weighted by Gasteiger charge is 2.39. The Labute approximate surface area is 102 Å². The Hall–Kier alpha value is -0.260. The first-order valence-electron chi connectivity index (χ1n) is 5.78. The lowest BCUT2D eigenvalue weighted by Crippen LogP contribution is -2.56. The standard InChI is InChI=1S/C11H22N2O2S/c1-13(2)7-4-6-12-11(10(14)15)5-3-8-16-9-11/h12H,3-9H2,1-2H3,(H,14,15). The first-order valence-corrected chi connectivity index (χ1v) is 6.93. The molecule has 16 heavy (non-hydrogen) atoms. The summed E-state index contributed by atoms with van der Waals surface area (Å²) < 4.78 is 0. The second-order valence-corrected chi connectivity index (χ2v) is 5.73. The fourth-order valence-corrected chi connectivity index (χ4v) is 3.11. The predicted octanol–water partition coefficient (Wildman–Crippen LogP) is 0.878. The van der Waals surface area contributed by atoms with Gasteiger partial charge in [0.15, 0.2) is 0 Å². The number of rotatable bonds is 6. The summed E-state index contributed by atoms with van der Waals surface area (Å²) in [4.78, 5) is 13.4. The van der Waals surface area contributed by atoms with E-state index in [2.05, 4.69) is 10.2 Å². The molecule has 94 valence electrons. The lowest BCUT2D eigenvalue weighted by atomic mass is 9.95. The number of hydrogen-bond donors (Lipinski definition) is 2. The van der Waals surface area contributed by atoms with Crippen LogP contribution in [-0.2, 0) is 4.79 Å². The fourth-order valence-electron chi connectivity index (χ4n) is 1.90. The highest BCUT2D eigenvalue weighted by atomic mass is 32.2. The third-order valence-electron chi connectivity index (χ3n) is 2.90. The van der Waals surface area contributed by atoms with Crippen molar-refractivity contribution in [2.45, 2.75) is 24.8 Å². The van der Waals surface area contributed by atoms with Gasteiger partial charge in [0.25, 0.3) is 0 Å². The van der Waals surface area contributed by atoms with E-state index in [1.165, 1.54) is 0 Å². The highest BCUT2D eigenvalue weighted by molar-refractivity contribution is 7.99. The second kappa shape index (κ2) is 6.47. The van der Waals surface area contributed by atoms with Crippen molar-refractivity contribution >= 4 is 17.7 Å². The van der Waals surface area contributed by atoms with E-state index in [0.29, 0.717) is 5.75 Å². The fraction of sp³-hybridized carbons (Fsp3) is 0.909. The topological polar surface area (TPSA) is 52.6 Å². The average Bonchev–Trinajstić information content (AvgIpc) is 2.25. The molecule has 0 aromatic rings. The summed E-state index contributed by atoms with van der Waals surface area (Å²) in [5.41, 5.74) is -0.671. The van der Waals surface area contributed by atoms with Gasteiger partial charge in [-0.1, -0.05) is 0 Å². The van der Waals surface area contributed by atoms with E-state index in [1.807, 2.05) is 14.1 Å². The summed E-state index contributed by atoms with van der Waals surface area (Å²) >= 11 is 1.74. The van der Waals surface area contributed by atoms with Gasteiger partial charge in [-0.15, -0.1) is 0 Å². The van der Waals surface area contributed by atoms with Gasteiger partial charge in [0.1, 0.15) is 5.54 Å². The zero-order valence-corrected chi connectivity index (χ0v) is 11.0. The van der Waals surface area contributed by atoms with Crippen LogP contribution in [0, 0.1) is 0 Å². The van der Waals surface area contributed by atoms with Crippen molar-refractivity contribution in [3.8, 4) is 0 Å². The Kier molecular flexibility index (Phi) is 5.58. The SMILES string of the molecule is CN(C)CCCNC1(C(=O)O)CCCSC1. The smallest absolute Gasteiger partial charge is 0.324 e. The lowest BCUT2D eigenvalue weighted by Gasteiger charge is -2.33. The van der Waals surface area contributed by atoms with Crippen molar-refractivity contribution in [2.24, 2.45) is 0 Å². The number of hydrogen-bond acceptors (Lipinski definition) is 4. The molecule has 0 amide bonds. The zero-order valence-electron chi connectivity index (χ0n) is 10.2. The van der Waals surface area contributed by atoms with Crippen LogP contribution in [-0.4, -0.2) is 60.2 Å². The Balaban J connectivity index is 2.36. The van der Waals surface area contributed by atoms with Crippen LogP contribution >= 0.6 is 11.8 Å². The number of carbonyl (C=O) groups is 1. The minimum Gasteiger partial charge on any atom is -0.480 e. The van der Waals surface area contributed by atoms with E-state index in [-0.39, 0.29) is 0 Å². The number of aliphatic carboxylic acids is 1. The minimum absolute atomic E-state index is 0.671. The first kappa shape index (κ1) is 13.8. The second-order valence-electron chi connectivity index (χ2n) is 4.63. The van der Waals surface area contributed by atoms with Crippen molar-refractivity contribution in [1.29, 1.82) is 0 Å². The van der Waals surface area contributed by atoms with E-state index in [4.69, 9.17) is 0 Å². The van der Waals surface area contributed by atoms with Crippen LogP contribution in [0.15, 0.2) is 0 Å². The third-order valence-corrected chi connectivity index (χ3v) is 4.17. The largest absolute Gasteiger partial charge is 0.480 e. The monoisotopic (exact) mass is 246 g/mol. The molecule has 0 aromatic carbocycles. The summed E-state index contributed by atoms with van der Waals surface area (Å²) in [5.74, 6) is 1.10. The van der Waals surface area contributed by atoms with Crippen molar-refractivity contribution in [3.05, 3.63) is 0 Å². The molecule has 0 aliphatic carbocycles. The molecule has 0 aromatic heterocycles. The number of carboxylic acids is 1. The molecule has 4 nitrogen and oxygen atoms in total. The minimum atomic E-state index is -0.690. The maximum absolute atomic E-state index is 11.3. The van der Waals surface area contributed by atoms with Crippen LogP contribution in [0.5, 0.6) is 0 Å². The normalized spacial score (nSPS) is 25.9. The molecule has 0 spiro atoms. The van der Waals surface area contributed by atoms with Crippen LogP contribution < -0.4 is 5.32 Å². The number of nitrogens with one attached hydrogen (secondary N) is 1. The molecule has 1 saturated heterocycles. The van der Waals surface area contributed by atoms with Gasteiger partial charge in [-0.25, -0.2) is 0 Å². The van der Waals surface area contributed by atoms with Crippen molar-refractivity contribution in [2.75, 3.05) is 38.7 Å². The number of thioether (sulfide) groups is 1. The number of nitrogens with zero attached hydrogens (tertiary/aromatic N) is 1. The first-order chi connectivity index (χ1) is 7.57. The van der Waals surface area contributed by atoms with E-state index in [0.717, 1.165) is 38.1 Å². The molecule has 2 N–H and O–H groups in total. The molecule has 1 unspecified atom stereocenters. The molecule has 1 aliphatic heterocycles. The van der Waals surface area contributed by atoms with Crippen molar-refractivity contribution in [1.82, 2.24) is 10.2 Å². The molecule has 1 rings (SSSR count). The van der Waals surface area contributed by atoms with Crippen LogP contribution in [0.4, 0.5) is 0 Å². The summed E-state index contributed by atoms with van der Waals surface area (Å²) in [6.07, 6.45) is 2.75. The summed E-state index contributed by atoms with van der Waals surface area (Å²) in [7, 11) is 4.06. The molecule has 5 heteroatoms. The van der Waals surface area contributed by atoms with E-state index < -0.39 is 11.5 Å². The summed E-state index contributed by atoms with van der Waals surface area (Å²) in [6, 6.07) is 0. The van der Waals surface area contributed by atoms with Crippen molar-refractivity contribution < 1.29 is 9.90 Å². The molecular weight excluding hydrogens is 224 g/mol. The molecule has 0 radical (unpaired) electrons. The van der Waals surface area contributed by atoms with Gasteiger partial charge in [0.05, 0.1) is 0 Å². The Morgan fingerprint density at radius 2 is 2.31 bits per heavy atom. The number of carboxylic acid groups (broad SMARTS) is 1. The highest BCUT2D eigenvalue weighted by Crippen LogP contribution is 2.27. The summed E-state index contributed by atoms with van der Waals surface area (Å²) in [6.45, 7) is 1.78. The average molecular weight is 246 g/mol. The van der Waals surface area contributed by atoms with Crippen LogP contribution in [0.2, 0.25) is 0 Å². The van der Waals surface area contributed by atoms with Crippen LogP contribution in [0.1, 0.15) is 19.3 Å². The molecule has 1 fully saturated rings. The van der Waals surface area contributed by atoms with Gasteiger partial charge >= 0.3 is 5.97 Å². The maximum Gasteiger partial charge on any atom is 0.324 e. The summed E-state index contributed by atoms with van der Waals surface area (Å²) in [5, 5.41) is 12.6. The van der Waals surface area contributed by atoms with Crippen LogP contribution in [0.25, 0.3) is 0 Å². The van der Waals surface area contributed by atoms with Gasteiger partial charge in [-0.3, -0.25) is 4.79 Å². The van der Waals surface area contributed by atoms with Gasteiger partial charge in [-0.05, 0) is 52.2 Å². The Morgan fingerprint density at radius 3 is 2.81 bits per heavy atom. The quantitative estimate of drug-likeness (QED) is 0.681. The Bertz CT molecular complexity index is 228. The third kappa shape index (κ3) is 3.96. The van der Waals surface area contributed by atoms with E-state index >= 15 is 0 Å². The molecular formula is C11H22N2O2S. The molecule has 0 saturated carbocycles. The Morgan fingerprint density at radius 1 is 1.56 bits per heavy atom. The predicted molar refractivity (Wildman–Crippen MR) is 68.1 cm³/mol.